The third kappa shape index (κ3) is 3.20. The van der Waals surface area contributed by atoms with Crippen molar-refractivity contribution in [3.05, 3.63) is 70.2 Å². The van der Waals surface area contributed by atoms with E-state index in [1.54, 1.807) is 7.11 Å². The molecule has 0 spiro atoms. The number of fused-ring (bicyclic) bond motifs is 1. The van der Waals surface area contributed by atoms with Gasteiger partial charge in [-0.25, -0.2) is 14.7 Å². The van der Waals surface area contributed by atoms with Crippen LogP contribution in [0.15, 0.2) is 53.1 Å². The van der Waals surface area contributed by atoms with Gasteiger partial charge in [0, 0.05) is 11.3 Å². The van der Waals surface area contributed by atoms with E-state index in [4.69, 9.17) is 31.4 Å². The minimum Gasteiger partial charge on any atom is -0.468 e. The maximum absolute atomic E-state index is 5.59. The fourth-order valence-electron chi connectivity index (χ4n) is 3.88. The summed E-state index contributed by atoms with van der Waals surface area (Å²) in [4.78, 5) is 13.9. The van der Waals surface area contributed by atoms with Crippen LogP contribution in [0.2, 0.25) is 0 Å². The summed E-state index contributed by atoms with van der Waals surface area (Å²) in [5.74, 6) is 0.600. The fraction of sp³-hybridized carbons (Fsp3) is 0.167. The van der Waals surface area contributed by atoms with Gasteiger partial charge in [0.05, 0.1) is 12.8 Å². The number of pyridine rings is 1. The molecule has 0 atom stereocenters. The van der Waals surface area contributed by atoms with Crippen molar-refractivity contribution in [1.29, 1.82) is 0 Å². The number of benzene rings is 2. The molecule has 8 heteroatoms. The summed E-state index contributed by atoms with van der Waals surface area (Å²) in [5, 5.41) is 2.79. The monoisotopic (exact) mass is 443 g/mol. The Labute approximate surface area is 189 Å². The van der Waals surface area contributed by atoms with Crippen LogP contribution >= 0.6 is 12.2 Å². The van der Waals surface area contributed by atoms with Crippen molar-refractivity contribution in [3.63, 3.8) is 0 Å². The average Bonchev–Trinajstić information content (AvgIpc) is 3.41. The maximum Gasteiger partial charge on any atom is 0.314 e. The highest BCUT2D eigenvalue weighted by Crippen LogP contribution is 2.33. The quantitative estimate of drug-likeness (QED) is 0.357. The summed E-state index contributed by atoms with van der Waals surface area (Å²) >= 11 is 5.01. The maximum atomic E-state index is 5.59. The zero-order valence-electron chi connectivity index (χ0n) is 18.1. The zero-order chi connectivity index (χ0) is 22.4. The van der Waals surface area contributed by atoms with Crippen molar-refractivity contribution in [2.75, 3.05) is 7.11 Å². The Morgan fingerprint density at radius 1 is 0.906 bits per heavy atom. The largest absolute Gasteiger partial charge is 0.468 e. The second kappa shape index (κ2) is 7.72. The van der Waals surface area contributed by atoms with E-state index in [-0.39, 0.29) is 4.84 Å². The van der Waals surface area contributed by atoms with Crippen LogP contribution in [0.3, 0.4) is 0 Å². The van der Waals surface area contributed by atoms with Gasteiger partial charge in [-0.1, -0.05) is 36.4 Å². The molecule has 3 heterocycles. The lowest BCUT2D eigenvalue weighted by Gasteiger charge is -2.11. The highest BCUT2D eigenvalue weighted by molar-refractivity contribution is 7.71. The fourth-order valence-corrected chi connectivity index (χ4v) is 4.02. The van der Waals surface area contributed by atoms with E-state index < -0.39 is 0 Å². The van der Waals surface area contributed by atoms with E-state index in [0.717, 1.165) is 50.4 Å². The Kier molecular flexibility index (Phi) is 4.86. The molecule has 0 aliphatic heterocycles. The van der Waals surface area contributed by atoms with Gasteiger partial charge < -0.3 is 9.26 Å². The van der Waals surface area contributed by atoms with Gasteiger partial charge >= 0.3 is 10.8 Å². The topological polar surface area (TPSA) is 81.8 Å². The molecule has 32 heavy (non-hydrogen) atoms. The number of hydrogen-bond donors (Lipinski definition) is 1. The third-order valence-corrected chi connectivity index (χ3v) is 5.97. The molecule has 7 nitrogen and oxygen atoms in total. The number of nitrogens with one attached hydrogen (secondary N) is 1. The predicted molar refractivity (Wildman–Crippen MR) is 126 cm³/mol. The lowest BCUT2D eigenvalue weighted by Crippen LogP contribution is -2.01. The van der Waals surface area contributed by atoms with Crippen LogP contribution in [-0.2, 0) is 0 Å². The Morgan fingerprint density at radius 2 is 1.62 bits per heavy atom. The van der Waals surface area contributed by atoms with E-state index in [0.29, 0.717) is 11.8 Å². The van der Waals surface area contributed by atoms with Crippen LogP contribution in [0.25, 0.3) is 39.4 Å². The molecule has 0 saturated heterocycles. The molecule has 0 amide bonds. The average molecular weight is 444 g/mol. The molecule has 3 aromatic heterocycles. The van der Waals surface area contributed by atoms with Gasteiger partial charge in [-0.15, -0.1) is 0 Å². The zero-order valence-corrected chi connectivity index (χ0v) is 18.9. The van der Waals surface area contributed by atoms with Crippen LogP contribution < -0.4 is 4.74 Å². The number of methoxy groups -OCH3 is 1. The van der Waals surface area contributed by atoms with Gasteiger partial charge in [0.1, 0.15) is 5.52 Å². The van der Waals surface area contributed by atoms with Crippen molar-refractivity contribution in [2.45, 2.75) is 20.8 Å². The van der Waals surface area contributed by atoms with E-state index in [9.17, 15) is 0 Å². The lowest BCUT2D eigenvalue weighted by molar-refractivity contribution is 0.375. The summed E-state index contributed by atoms with van der Waals surface area (Å²) in [7, 11) is 1.62. The van der Waals surface area contributed by atoms with Gasteiger partial charge in [-0.2, -0.15) is 9.97 Å². The SMILES string of the molecule is COc1nc2c(C)c(C)c(C)nc2n1-c1ccc(-c2ccccc2-c2nc(=S)o[nH]2)cc1. The molecule has 5 aromatic rings. The summed E-state index contributed by atoms with van der Waals surface area (Å²) in [6.45, 7) is 6.15. The van der Waals surface area contributed by atoms with Gasteiger partial charge in [0.15, 0.2) is 11.5 Å². The number of imidazole rings is 1. The molecule has 0 radical (unpaired) electrons. The molecule has 0 fully saturated rings. The Bertz CT molecular complexity index is 1510. The molecule has 0 aliphatic carbocycles. The predicted octanol–water partition coefficient (Wildman–Crippen LogP) is 5.73. The van der Waals surface area contributed by atoms with Gasteiger partial charge in [0.2, 0.25) is 0 Å². The number of rotatable bonds is 4. The van der Waals surface area contributed by atoms with Crippen LogP contribution in [0.1, 0.15) is 16.8 Å². The van der Waals surface area contributed by atoms with E-state index in [1.165, 1.54) is 0 Å². The smallest absolute Gasteiger partial charge is 0.314 e. The number of aromatic nitrogens is 5. The van der Waals surface area contributed by atoms with Gasteiger partial charge in [0.25, 0.3) is 0 Å². The number of aromatic amines is 1. The van der Waals surface area contributed by atoms with Gasteiger partial charge in [-0.3, -0.25) is 0 Å². The molecule has 0 bridgehead atoms. The van der Waals surface area contributed by atoms with Crippen molar-refractivity contribution in [1.82, 2.24) is 24.7 Å². The first-order valence-corrected chi connectivity index (χ1v) is 10.5. The number of ether oxygens (including phenoxy) is 1. The molecule has 160 valence electrons. The van der Waals surface area contributed by atoms with Crippen molar-refractivity contribution >= 4 is 23.4 Å². The first-order valence-electron chi connectivity index (χ1n) is 10.1. The molecule has 0 unspecified atom stereocenters. The molecule has 0 aliphatic rings. The molecule has 1 N–H and O–H groups in total. The summed E-state index contributed by atoms with van der Waals surface area (Å²) in [5.41, 5.74) is 8.74. The van der Waals surface area contributed by atoms with E-state index in [2.05, 4.69) is 36.1 Å². The van der Waals surface area contributed by atoms with E-state index >= 15 is 0 Å². The van der Waals surface area contributed by atoms with Gasteiger partial charge in [-0.05, 0) is 67.4 Å². The summed E-state index contributed by atoms with van der Waals surface area (Å²) < 4.78 is 12.7. The van der Waals surface area contributed by atoms with Crippen molar-refractivity contribution in [3.8, 4) is 34.2 Å². The molecule has 5 rings (SSSR count). The molecule has 0 saturated carbocycles. The van der Waals surface area contributed by atoms with Crippen molar-refractivity contribution in [2.24, 2.45) is 0 Å². The Morgan fingerprint density at radius 3 is 2.28 bits per heavy atom. The number of H-pyrrole nitrogens is 1. The molecular weight excluding hydrogens is 422 g/mol. The Hall–Kier alpha value is -3.78. The number of aryl methyl sites for hydroxylation is 2. The van der Waals surface area contributed by atoms with E-state index in [1.807, 2.05) is 47.9 Å². The minimum atomic E-state index is 0.178. The van der Waals surface area contributed by atoms with Crippen LogP contribution in [0.5, 0.6) is 6.01 Å². The minimum absolute atomic E-state index is 0.178. The Balaban J connectivity index is 1.63. The first kappa shape index (κ1) is 20.1. The second-order valence-electron chi connectivity index (χ2n) is 7.58. The second-order valence-corrected chi connectivity index (χ2v) is 7.93. The van der Waals surface area contributed by atoms with Crippen LogP contribution in [-0.4, -0.2) is 31.8 Å². The first-order chi connectivity index (χ1) is 15.5. The standard InChI is InChI=1S/C24H21N5O2S/c1-13-14(2)20-22(25-15(13)3)29(23(26-20)30-4)17-11-9-16(10-12-17)18-7-5-6-8-19(18)21-27-24(32)31-28-21/h5-12H,1-4H3,(H,27,28,32). The summed E-state index contributed by atoms with van der Waals surface area (Å²) in [6.07, 6.45) is 0. The van der Waals surface area contributed by atoms with Crippen LogP contribution in [0.4, 0.5) is 0 Å². The number of nitrogens with zero attached hydrogens (tertiary/aromatic N) is 4. The number of hydrogen-bond acceptors (Lipinski definition) is 6. The van der Waals surface area contributed by atoms with Crippen LogP contribution in [0, 0.1) is 25.6 Å². The highest BCUT2D eigenvalue weighted by atomic mass is 32.1. The summed E-state index contributed by atoms with van der Waals surface area (Å²) in [6, 6.07) is 16.7. The highest BCUT2D eigenvalue weighted by Gasteiger charge is 2.19. The third-order valence-electron chi connectivity index (χ3n) is 5.80. The normalized spacial score (nSPS) is 11.2. The molecular formula is C24H21N5O2S. The van der Waals surface area contributed by atoms with Crippen molar-refractivity contribution < 1.29 is 9.26 Å². The molecule has 2 aromatic carbocycles. The lowest BCUT2D eigenvalue weighted by atomic mass is 9.99.